The Morgan fingerprint density at radius 3 is 2.43 bits per heavy atom. The summed E-state index contributed by atoms with van der Waals surface area (Å²) in [6, 6.07) is 7.82. The molecule has 1 aromatic carbocycles. The van der Waals surface area contributed by atoms with E-state index in [0.29, 0.717) is 43.2 Å². The Hall–Kier alpha value is -4.01. The molecule has 1 N–H and O–H groups in total. The number of hydrazone groups is 1. The van der Waals surface area contributed by atoms with Gasteiger partial charge in [0.25, 0.3) is 0 Å². The molecule has 4 rings (SSSR count). The highest BCUT2D eigenvalue weighted by Crippen LogP contribution is 2.35. The molecule has 2 atom stereocenters. The number of hydrogen-bond acceptors (Lipinski definition) is 7. The number of halogens is 4. The van der Waals surface area contributed by atoms with Crippen LogP contribution in [0.5, 0.6) is 11.6 Å². The summed E-state index contributed by atoms with van der Waals surface area (Å²) in [6.07, 6.45) is -3.48. The Morgan fingerprint density at radius 2 is 1.84 bits per heavy atom. The van der Waals surface area contributed by atoms with Gasteiger partial charge in [0, 0.05) is 49.9 Å². The average molecular weight is 520 g/mol. The molecule has 2 aliphatic heterocycles. The van der Waals surface area contributed by atoms with Crippen molar-refractivity contribution in [2.45, 2.75) is 38.1 Å². The largest absolute Gasteiger partial charge is 0.490 e. The number of rotatable bonds is 5. The van der Waals surface area contributed by atoms with Crippen molar-refractivity contribution in [3.8, 4) is 23.5 Å². The van der Waals surface area contributed by atoms with Gasteiger partial charge in [-0.1, -0.05) is 12.8 Å². The van der Waals surface area contributed by atoms with E-state index in [1.807, 2.05) is 10.8 Å². The normalized spacial score (nSPS) is 20.2. The van der Waals surface area contributed by atoms with Gasteiger partial charge in [-0.3, -0.25) is 0 Å². The minimum atomic E-state index is -4.67. The first kappa shape index (κ1) is 26.1. The van der Waals surface area contributed by atoms with Crippen LogP contribution < -0.4 is 19.4 Å². The molecule has 2 aliphatic rings. The summed E-state index contributed by atoms with van der Waals surface area (Å²) in [6.45, 7) is 2.49. The van der Waals surface area contributed by atoms with Gasteiger partial charge < -0.3 is 19.5 Å². The summed E-state index contributed by atoms with van der Waals surface area (Å²) in [7, 11) is 1.42. The number of aliphatic carboxylic acids is 1. The monoisotopic (exact) mass is 520 g/mol. The molecule has 1 saturated heterocycles. The summed E-state index contributed by atoms with van der Waals surface area (Å²) >= 11 is 0. The first-order valence-corrected chi connectivity index (χ1v) is 11.5. The number of aromatic nitrogens is 1. The first-order valence-electron chi connectivity index (χ1n) is 11.5. The second-order valence-corrected chi connectivity index (χ2v) is 8.62. The van der Waals surface area contributed by atoms with Gasteiger partial charge in [0.05, 0.1) is 12.8 Å². The number of benzene rings is 1. The number of piperidine rings is 1. The van der Waals surface area contributed by atoms with Crippen molar-refractivity contribution >= 4 is 23.2 Å². The molecule has 0 radical (unpaired) electrons. The minimum Gasteiger partial charge on any atom is -0.490 e. The van der Waals surface area contributed by atoms with E-state index in [2.05, 4.69) is 16.0 Å². The van der Waals surface area contributed by atoms with E-state index in [-0.39, 0.29) is 12.0 Å². The van der Waals surface area contributed by atoms with E-state index >= 15 is 0 Å². The van der Waals surface area contributed by atoms with Crippen LogP contribution in [-0.2, 0) is 4.79 Å². The van der Waals surface area contributed by atoms with Crippen LogP contribution in [0.1, 0.15) is 19.8 Å². The molecule has 0 amide bonds. The van der Waals surface area contributed by atoms with Crippen molar-refractivity contribution in [1.29, 1.82) is 0 Å². The number of carboxylic acids is 1. The number of ether oxygens (including phenoxy) is 2. The number of carboxylic acid groups (broad SMARTS) is 1. The van der Waals surface area contributed by atoms with E-state index in [1.54, 1.807) is 24.3 Å². The smallest absolute Gasteiger partial charge is 0.431 e. The molecule has 12 heteroatoms. The van der Waals surface area contributed by atoms with Crippen LogP contribution in [0.2, 0.25) is 0 Å². The number of hydrogen-bond donors (Lipinski definition) is 1. The van der Waals surface area contributed by atoms with Crippen LogP contribution >= 0.6 is 0 Å². The Balaban J connectivity index is 1.42. The maximum absolute atomic E-state index is 13.8. The quantitative estimate of drug-likeness (QED) is 0.469. The summed E-state index contributed by atoms with van der Waals surface area (Å²) in [5.41, 5.74) is -0.696. The number of methoxy groups -OCH3 is 1. The van der Waals surface area contributed by atoms with Crippen molar-refractivity contribution in [2.75, 3.05) is 30.1 Å². The standard InChI is InChI=1S/C25H24F4N4O4/c1-15-20(7-8-23(34)35)33(31-24(15)25(27,28)29)17-3-5-18(6-4-17)37-19-9-11-32(12-10-19)21-13-16(26)14-22(30-21)36-2/h3-6,13-15,19-20H,9-12H2,1-2H3,(H,34,35)/t15-,20-/m0/s1. The molecule has 196 valence electrons. The van der Waals surface area contributed by atoms with Crippen molar-refractivity contribution in [3.05, 3.63) is 42.2 Å². The third-order valence-electron chi connectivity index (χ3n) is 6.13. The summed E-state index contributed by atoms with van der Waals surface area (Å²) in [5.74, 6) is 2.48. The fraction of sp³-hybridized carbons (Fsp3) is 0.400. The lowest BCUT2D eigenvalue weighted by molar-refractivity contribution is -0.130. The van der Waals surface area contributed by atoms with Crippen LogP contribution in [-0.4, -0.2) is 60.3 Å². The molecule has 0 bridgehead atoms. The van der Waals surface area contributed by atoms with Crippen molar-refractivity contribution in [2.24, 2.45) is 11.0 Å². The highest BCUT2D eigenvalue weighted by Gasteiger charge is 2.48. The average Bonchev–Trinajstić information content (AvgIpc) is 3.19. The maximum atomic E-state index is 13.8. The van der Waals surface area contributed by atoms with Gasteiger partial charge in [-0.15, -0.1) is 0 Å². The molecule has 0 unspecified atom stereocenters. The number of nitrogens with zero attached hydrogens (tertiary/aromatic N) is 4. The molecular weight excluding hydrogens is 496 g/mol. The third-order valence-corrected chi connectivity index (χ3v) is 6.13. The van der Waals surface area contributed by atoms with E-state index in [9.17, 15) is 22.4 Å². The third kappa shape index (κ3) is 6.04. The predicted octanol–water partition coefficient (Wildman–Crippen LogP) is 4.11. The van der Waals surface area contributed by atoms with E-state index in [1.165, 1.54) is 26.2 Å². The van der Waals surface area contributed by atoms with E-state index in [0.717, 1.165) is 5.01 Å². The number of alkyl halides is 3. The Bertz CT molecular complexity index is 1230. The van der Waals surface area contributed by atoms with Gasteiger partial charge in [-0.2, -0.15) is 23.3 Å². The second-order valence-electron chi connectivity index (χ2n) is 8.62. The molecule has 0 saturated carbocycles. The maximum Gasteiger partial charge on any atom is 0.431 e. The van der Waals surface area contributed by atoms with E-state index in [4.69, 9.17) is 14.6 Å². The molecule has 1 fully saturated rings. The minimum absolute atomic E-state index is 0.117. The number of anilines is 2. The zero-order chi connectivity index (χ0) is 26.7. The lowest BCUT2D eigenvalue weighted by Gasteiger charge is -2.33. The first-order chi connectivity index (χ1) is 17.5. The summed E-state index contributed by atoms with van der Waals surface area (Å²) < 4.78 is 65.1. The molecule has 1 aromatic heterocycles. The molecule has 0 spiro atoms. The zero-order valence-corrected chi connectivity index (χ0v) is 20.0. The van der Waals surface area contributed by atoms with Gasteiger partial charge in [0.15, 0.2) is 0 Å². The lowest BCUT2D eigenvalue weighted by atomic mass is 9.97. The van der Waals surface area contributed by atoms with Crippen molar-refractivity contribution in [3.63, 3.8) is 0 Å². The zero-order valence-electron chi connectivity index (χ0n) is 20.0. The Labute approximate surface area is 210 Å². The number of carbonyl (C=O) groups is 1. The van der Waals surface area contributed by atoms with Crippen LogP contribution in [0, 0.1) is 23.6 Å². The highest BCUT2D eigenvalue weighted by atomic mass is 19.4. The van der Waals surface area contributed by atoms with Crippen molar-refractivity contribution < 1.29 is 36.9 Å². The van der Waals surface area contributed by atoms with Crippen LogP contribution in [0.15, 0.2) is 41.5 Å². The Kier molecular flexibility index (Phi) is 7.42. The van der Waals surface area contributed by atoms with Crippen LogP contribution in [0.4, 0.5) is 29.1 Å². The van der Waals surface area contributed by atoms with Gasteiger partial charge in [0.2, 0.25) is 5.88 Å². The Morgan fingerprint density at radius 1 is 1.16 bits per heavy atom. The molecule has 0 aliphatic carbocycles. The van der Waals surface area contributed by atoms with Crippen molar-refractivity contribution in [1.82, 2.24) is 4.98 Å². The van der Waals surface area contributed by atoms with Gasteiger partial charge in [-0.05, 0) is 24.3 Å². The molecule has 37 heavy (non-hydrogen) atoms. The van der Waals surface area contributed by atoms with E-state index < -0.39 is 35.6 Å². The highest BCUT2D eigenvalue weighted by molar-refractivity contribution is 5.96. The lowest BCUT2D eigenvalue weighted by Crippen LogP contribution is -2.38. The molecule has 8 nitrogen and oxygen atoms in total. The van der Waals surface area contributed by atoms with Gasteiger partial charge in [0.1, 0.15) is 35.2 Å². The summed E-state index contributed by atoms with van der Waals surface area (Å²) in [5, 5.41) is 13.7. The number of pyridine rings is 1. The summed E-state index contributed by atoms with van der Waals surface area (Å²) in [4.78, 5) is 17.1. The topological polar surface area (TPSA) is 87.5 Å². The van der Waals surface area contributed by atoms with Gasteiger partial charge >= 0.3 is 12.1 Å². The van der Waals surface area contributed by atoms with Crippen LogP contribution in [0.3, 0.4) is 0 Å². The van der Waals surface area contributed by atoms with Crippen LogP contribution in [0.25, 0.3) is 0 Å². The molecule has 2 aromatic rings. The molecule has 3 heterocycles. The fourth-order valence-electron chi connectivity index (χ4n) is 4.29. The second kappa shape index (κ2) is 10.5. The van der Waals surface area contributed by atoms with Gasteiger partial charge in [-0.25, -0.2) is 14.2 Å². The predicted molar refractivity (Wildman–Crippen MR) is 127 cm³/mol. The molecular formula is C25H24F4N4O4. The fourth-order valence-corrected chi connectivity index (χ4v) is 4.29. The SMILES string of the molecule is COc1cc(F)cc(N2CCC(Oc3ccc(N4N=C(C(F)(F)F)[C@@H](C)[C@@H]4C#CC(=O)O)cc3)CC2)n1.